The van der Waals surface area contributed by atoms with Crippen LogP contribution in [0.4, 0.5) is 9.59 Å². The molecule has 0 bridgehead atoms. The summed E-state index contributed by atoms with van der Waals surface area (Å²) in [5, 5.41) is 20.6. The Morgan fingerprint density at radius 1 is 0.755 bits per heavy atom. The maximum absolute atomic E-state index is 13.8. The van der Waals surface area contributed by atoms with Gasteiger partial charge in [-0.2, -0.15) is 0 Å². The standard InChI is InChI=1S/C39H65N5O9/c1-11-12-13-14-15-18-31(45)42-30(26-27-19-22-29(23-20-27)51-37(2,3)4)33(48)41-28(21-24-32(46)47)17-16-25-40-34(43-35(49)52-38(5,6)7)44-36(50)53-39(8,9)10/h19-20,22-23,28,30H,11-18,21,24-26H2,1-10H3,(H,41,48)(H,42,45)(H,46,47)(H2,40,43,44,49,50)/t28-,30-/m0/s1. The number of benzene rings is 1. The number of amides is 4. The second-order valence-electron chi connectivity index (χ2n) is 16.1. The van der Waals surface area contributed by atoms with Crippen LogP contribution in [0, 0.1) is 0 Å². The van der Waals surface area contributed by atoms with Crippen molar-refractivity contribution in [3.05, 3.63) is 29.8 Å². The molecule has 2 atom stereocenters. The first-order valence-electron chi connectivity index (χ1n) is 18.7. The molecule has 0 radical (unpaired) electrons. The number of hydrogen-bond acceptors (Lipinski definition) is 8. The summed E-state index contributed by atoms with van der Waals surface area (Å²) in [4.78, 5) is 67.0. The highest BCUT2D eigenvalue weighted by Gasteiger charge is 2.25. The lowest BCUT2D eigenvalue weighted by atomic mass is 10.0. The number of unbranched alkanes of at least 4 members (excludes halogenated alkanes) is 4. The predicted octanol–water partition coefficient (Wildman–Crippen LogP) is 6.79. The molecule has 1 aromatic carbocycles. The molecule has 1 aromatic rings. The summed E-state index contributed by atoms with van der Waals surface area (Å²) in [5.74, 6) is -1.17. The van der Waals surface area contributed by atoms with Crippen molar-refractivity contribution < 1.29 is 43.3 Å². The Morgan fingerprint density at radius 3 is 1.94 bits per heavy atom. The Balaban J connectivity index is 3.10. The van der Waals surface area contributed by atoms with Gasteiger partial charge in [0.15, 0.2) is 0 Å². The number of ether oxygens (including phenoxy) is 3. The number of rotatable bonds is 19. The van der Waals surface area contributed by atoms with Gasteiger partial charge in [-0.3, -0.25) is 19.7 Å². The SMILES string of the molecule is CCCCCCCC(=O)N[C@@H](Cc1ccc(OC(C)(C)C)cc1)C(=O)N[C@@H](CCCN/C(=N/C(=O)OC(C)(C)C)NC(=O)OC(C)(C)C)CCC(=O)O. The summed E-state index contributed by atoms with van der Waals surface area (Å²) < 4.78 is 16.5. The van der Waals surface area contributed by atoms with Crippen LogP contribution < -0.4 is 26.0 Å². The van der Waals surface area contributed by atoms with Gasteiger partial charge < -0.3 is 35.3 Å². The van der Waals surface area contributed by atoms with Crippen LogP contribution in [0.15, 0.2) is 29.3 Å². The minimum Gasteiger partial charge on any atom is -0.488 e. The Hall–Kier alpha value is -4.36. The van der Waals surface area contributed by atoms with Gasteiger partial charge in [0.05, 0.1) is 0 Å². The van der Waals surface area contributed by atoms with Crippen LogP contribution in [0.5, 0.6) is 5.75 Å². The summed E-state index contributed by atoms with van der Waals surface area (Å²) >= 11 is 0. The Kier molecular flexibility index (Phi) is 19.9. The lowest BCUT2D eigenvalue weighted by molar-refractivity contribution is -0.137. The second-order valence-corrected chi connectivity index (χ2v) is 16.1. The van der Waals surface area contributed by atoms with Crippen molar-refractivity contribution in [2.24, 2.45) is 4.99 Å². The van der Waals surface area contributed by atoms with Crippen LogP contribution in [0.2, 0.25) is 0 Å². The number of carboxylic acid groups (broad SMARTS) is 1. The average molecular weight is 748 g/mol. The van der Waals surface area contributed by atoms with Gasteiger partial charge in [-0.25, -0.2) is 9.59 Å². The highest BCUT2D eigenvalue weighted by Crippen LogP contribution is 2.20. The van der Waals surface area contributed by atoms with E-state index in [-0.39, 0.29) is 43.3 Å². The first kappa shape index (κ1) is 46.7. The minimum absolute atomic E-state index is 0.146. The molecule has 0 aromatic heterocycles. The summed E-state index contributed by atoms with van der Waals surface area (Å²) in [6, 6.07) is 5.91. The molecule has 5 N–H and O–H groups in total. The largest absolute Gasteiger partial charge is 0.488 e. The van der Waals surface area contributed by atoms with Crippen LogP contribution in [0.3, 0.4) is 0 Å². The second kappa shape index (κ2) is 22.7. The minimum atomic E-state index is -1.01. The molecule has 0 spiro atoms. The first-order valence-corrected chi connectivity index (χ1v) is 18.7. The van der Waals surface area contributed by atoms with Crippen molar-refractivity contribution in [1.29, 1.82) is 0 Å². The number of carbonyl (C=O) groups excluding carboxylic acids is 4. The fraction of sp³-hybridized carbons (Fsp3) is 0.692. The normalized spacial score (nSPS) is 13.3. The molecule has 0 heterocycles. The molecule has 0 aliphatic rings. The Morgan fingerprint density at radius 2 is 1.38 bits per heavy atom. The summed E-state index contributed by atoms with van der Waals surface area (Å²) in [5.41, 5.74) is -1.18. The molecule has 14 heteroatoms. The van der Waals surface area contributed by atoms with E-state index in [4.69, 9.17) is 14.2 Å². The molecule has 0 saturated carbocycles. The first-order chi connectivity index (χ1) is 24.5. The highest BCUT2D eigenvalue weighted by atomic mass is 16.6. The number of guanidine groups is 1. The molecule has 1 rings (SSSR count). The average Bonchev–Trinajstić information content (AvgIpc) is 2.99. The van der Waals surface area contributed by atoms with E-state index < -0.39 is 47.3 Å². The van der Waals surface area contributed by atoms with Crippen LogP contribution >= 0.6 is 0 Å². The molecule has 300 valence electrons. The van der Waals surface area contributed by atoms with E-state index in [0.717, 1.165) is 37.7 Å². The maximum Gasteiger partial charge on any atom is 0.437 e. The zero-order chi connectivity index (χ0) is 40.2. The predicted molar refractivity (Wildman–Crippen MR) is 205 cm³/mol. The zero-order valence-electron chi connectivity index (χ0n) is 33.6. The number of hydrogen-bond donors (Lipinski definition) is 5. The molecule has 0 saturated heterocycles. The smallest absolute Gasteiger partial charge is 0.437 e. The topological polar surface area (TPSA) is 194 Å². The third-order valence-corrected chi connectivity index (χ3v) is 7.24. The molecule has 4 amide bonds. The third-order valence-electron chi connectivity index (χ3n) is 7.24. The number of carboxylic acids is 1. The number of nitrogens with one attached hydrogen (secondary N) is 4. The van der Waals surface area contributed by atoms with Crippen molar-refractivity contribution in [1.82, 2.24) is 21.3 Å². The van der Waals surface area contributed by atoms with E-state index in [9.17, 15) is 29.1 Å². The monoisotopic (exact) mass is 747 g/mol. The van der Waals surface area contributed by atoms with Gasteiger partial charge in [0.25, 0.3) is 0 Å². The number of aliphatic imine (C=N–C) groups is 1. The maximum atomic E-state index is 13.8. The van der Waals surface area contributed by atoms with Gasteiger partial charge in [-0.1, -0.05) is 44.7 Å². The Bertz CT molecular complexity index is 1340. The van der Waals surface area contributed by atoms with E-state index >= 15 is 0 Å². The van der Waals surface area contributed by atoms with Gasteiger partial charge >= 0.3 is 18.2 Å². The number of aliphatic carboxylic acids is 1. The van der Waals surface area contributed by atoms with Crippen LogP contribution in [0.1, 0.15) is 139 Å². The van der Waals surface area contributed by atoms with Gasteiger partial charge in [0, 0.05) is 31.8 Å². The van der Waals surface area contributed by atoms with E-state index in [1.165, 1.54) is 0 Å². The van der Waals surface area contributed by atoms with Crippen molar-refractivity contribution >= 4 is 35.9 Å². The van der Waals surface area contributed by atoms with Crippen LogP contribution in [-0.2, 0) is 30.3 Å². The molecule has 0 unspecified atom stereocenters. The van der Waals surface area contributed by atoms with Crippen LogP contribution in [-0.4, -0.2) is 76.5 Å². The quantitative estimate of drug-likeness (QED) is 0.0572. The van der Waals surface area contributed by atoms with E-state index in [1.807, 2.05) is 45.0 Å². The molecule has 0 aliphatic carbocycles. The molecule has 53 heavy (non-hydrogen) atoms. The number of alkyl carbamates (subject to hydrolysis) is 1. The third kappa shape index (κ3) is 24.5. The summed E-state index contributed by atoms with van der Waals surface area (Å²) in [7, 11) is 0. The fourth-order valence-corrected chi connectivity index (χ4v) is 4.98. The van der Waals surface area contributed by atoms with Crippen molar-refractivity contribution in [2.45, 2.75) is 169 Å². The molecular formula is C39H65N5O9. The molecular weight excluding hydrogens is 682 g/mol. The van der Waals surface area contributed by atoms with Crippen molar-refractivity contribution in [3.63, 3.8) is 0 Å². The molecule has 14 nitrogen and oxygen atoms in total. The zero-order valence-corrected chi connectivity index (χ0v) is 33.6. The lowest BCUT2D eigenvalue weighted by Gasteiger charge is -2.24. The van der Waals surface area contributed by atoms with Crippen molar-refractivity contribution in [3.8, 4) is 5.75 Å². The van der Waals surface area contributed by atoms with Gasteiger partial charge in [0.2, 0.25) is 17.8 Å². The summed E-state index contributed by atoms with van der Waals surface area (Å²) in [6.45, 7) is 18.3. The van der Waals surface area contributed by atoms with Gasteiger partial charge in [-0.15, -0.1) is 4.99 Å². The number of carbonyl (C=O) groups is 5. The molecule has 0 aliphatic heterocycles. The van der Waals surface area contributed by atoms with Crippen molar-refractivity contribution in [2.75, 3.05) is 6.54 Å². The van der Waals surface area contributed by atoms with E-state index in [2.05, 4.69) is 33.2 Å². The molecule has 0 fully saturated rings. The van der Waals surface area contributed by atoms with E-state index in [1.54, 1.807) is 41.5 Å². The van der Waals surface area contributed by atoms with Gasteiger partial charge in [-0.05, 0) is 106 Å². The lowest BCUT2D eigenvalue weighted by Crippen LogP contribution is -2.51. The van der Waals surface area contributed by atoms with E-state index in [0.29, 0.717) is 25.0 Å². The van der Waals surface area contributed by atoms with Gasteiger partial charge in [0.1, 0.15) is 28.6 Å². The highest BCUT2D eigenvalue weighted by molar-refractivity contribution is 5.98. The fourth-order valence-electron chi connectivity index (χ4n) is 4.98. The summed E-state index contributed by atoms with van der Waals surface area (Å²) in [6.07, 6.45) is 4.34. The Labute approximate surface area is 316 Å². The number of nitrogens with zero attached hydrogens (tertiary/aromatic N) is 1. The van der Waals surface area contributed by atoms with Crippen LogP contribution in [0.25, 0.3) is 0 Å².